The van der Waals surface area contributed by atoms with Crippen LogP contribution in [-0.2, 0) is 4.94 Å². The molecule has 5 nitrogen and oxygen atoms in total. The highest BCUT2D eigenvalue weighted by atomic mass is 16.8. The van der Waals surface area contributed by atoms with Crippen LogP contribution in [0.3, 0.4) is 0 Å². The number of rotatable bonds is 2. The normalized spacial score (nSPS) is 23.0. The molecule has 0 atom stereocenters. The van der Waals surface area contributed by atoms with Crippen LogP contribution >= 0.6 is 0 Å². The van der Waals surface area contributed by atoms with Crippen LogP contribution in [0.25, 0.3) is 0 Å². The van der Waals surface area contributed by atoms with Gasteiger partial charge in [-0.25, -0.2) is 5.84 Å². The van der Waals surface area contributed by atoms with Crippen LogP contribution in [0, 0.1) is 0 Å². The van der Waals surface area contributed by atoms with Gasteiger partial charge in [0.25, 0.3) is 0 Å². The quantitative estimate of drug-likeness (QED) is 0.322. The number of nitrogens with one attached hydrogen (secondary N) is 2. The molecule has 0 saturated carbocycles. The van der Waals surface area contributed by atoms with Crippen molar-refractivity contribution in [1.29, 1.82) is 0 Å². The van der Waals surface area contributed by atoms with Gasteiger partial charge in [-0.15, -0.1) is 0 Å². The topological polar surface area (TPSA) is 71.7 Å². The van der Waals surface area contributed by atoms with E-state index in [0.29, 0.717) is 0 Å². The molecule has 0 unspecified atom stereocenters. The summed E-state index contributed by atoms with van der Waals surface area (Å²) in [6, 6.07) is 0. The molecule has 1 rings (SSSR count). The summed E-state index contributed by atoms with van der Waals surface area (Å²) in [5.74, 6) is 4.81. The monoisotopic (exact) mass is 130 g/mol. The summed E-state index contributed by atoms with van der Waals surface area (Å²) in [5, 5.41) is 6.76. The van der Waals surface area contributed by atoms with E-state index in [1.165, 1.54) is 0 Å². The van der Waals surface area contributed by atoms with Crippen LogP contribution in [0.2, 0.25) is 0 Å². The van der Waals surface area contributed by atoms with E-state index in [-0.39, 0.29) is 0 Å². The van der Waals surface area contributed by atoms with Crippen molar-refractivity contribution in [3.8, 4) is 0 Å². The van der Waals surface area contributed by atoms with E-state index in [4.69, 9.17) is 5.84 Å². The second-order valence-corrected chi connectivity index (χ2v) is 1.79. The number of hydrazine groups is 1. The minimum absolute atomic E-state index is 0.807. The van der Waals surface area contributed by atoms with E-state index in [9.17, 15) is 0 Å². The largest absolute Gasteiger partial charge is 0.311 e. The molecule has 0 spiro atoms. The van der Waals surface area contributed by atoms with Crippen LogP contribution in [-0.4, -0.2) is 18.8 Å². The fourth-order valence-electron chi connectivity index (χ4n) is 0.723. The third kappa shape index (κ3) is 1.96. The van der Waals surface area contributed by atoms with Crippen molar-refractivity contribution in [1.82, 2.24) is 10.9 Å². The molecule has 1 aliphatic rings. The fraction of sp³-hybridized carbons (Fsp3) is 0.750. The van der Waals surface area contributed by atoms with E-state index >= 15 is 0 Å². The summed E-state index contributed by atoms with van der Waals surface area (Å²) in [7, 11) is 0. The first-order valence-corrected chi connectivity index (χ1v) is 2.81. The Morgan fingerprint density at radius 1 is 1.78 bits per heavy atom. The summed E-state index contributed by atoms with van der Waals surface area (Å²) < 4.78 is 0. The van der Waals surface area contributed by atoms with E-state index < -0.39 is 0 Å². The fourth-order valence-corrected chi connectivity index (χ4v) is 0.723. The summed E-state index contributed by atoms with van der Waals surface area (Å²) in [6.07, 6.45) is 0.946. The number of oxime groups is 1. The molecule has 0 aromatic heterocycles. The van der Waals surface area contributed by atoms with Gasteiger partial charge in [0.05, 0.1) is 5.71 Å². The van der Waals surface area contributed by atoms with Gasteiger partial charge in [-0.05, 0) is 0 Å². The maximum absolute atomic E-state index is 4.81. The zero-order chi connectivity index (χ0) is 6.53. The number of nitrogens with zero attached hydrogens (tertiary/aromatic N) is 1. The highest BCUT2D eigenvalue weighted by Gasteiger charge is 2.06. The Bertz CT molecular complexity index is 105. The summed E-state index contributed by atoms with van der Waals surface area (Å²) in [5.41, 5.74) is 2.97. The first kappa shape index (κ1) is 6.47. The number of nitrogens with two attached hydrogens (primary N) is 1. The Hall–Kier alpha value is -0.650. The van der Waals surface area contributed by atoms with Crippen LogP contribution in [0.5, 0.6) is 0 Å². The third-order valence-corrected chi connectivity index (χ3v) is 1.15. The molecule has 52 valence electrons. The van der Waals surface area contributed by atoms with Crippen molar-refractivity contribution in [3.63, 3.8) is 0 Å². The second kappa shape index (κ2) is 3.39. The molecule has 1 heterocycles. The maximum atomic E-state index is 4.81. The Morgan fingerprint density at radius 3 is 3.22 bits per heavy atom. The molecule has 0 bridgehead atoms. The van der Waals surface area contributed by atoms with E-state index in [0.717, 1.165) is 25.2 Å². The van der Waals surface area contributed by atoms with Gasteiger partial charge in [0, 0.05) is 19.5 Å². The van der Waals surface area contributed by atoms with Crippen molar-refractivity contribution < 1.29 is 4.94 Å². The molecule has 0 aromatic carbocycles. The average Bonchev–Trinajstić information content (AvgIpc) is 2.34. The van der Waals surface area contributed by atoms with E-state index in [1.807, 2.05) is 5.59 Å². The van der Waals surface area contributed by atoms with E-state index in [2.05, 4.69) is 15.4 Å². The molecule has 1 fully saturated rings. The van der Waals surface area contributed by atoms with Gasteiger partial charge in [-0.1, -0.05) is 10.7 Å². The zero-order valence-electron chi connectivity index (χ0n) is 5.05. The molecule has 0 aliphatic carbocycles. The predicted octanol–water partition coefficient (Wildman–Crippen LogP) is -1.27. The molecule has 0 amide bonds. The third-order valence-electron chi connectivity index (χ3n) is 1.15. The standard InChI is InChI=1S/C4H10N4O/c5-8-9-7-4-1-2-6-3-4/h6,8H,1-3,5H2/b7-4-. The second-order valence-electron chi connectivity index (χ2n) is 1.79. The number of hydrogen-bond acceptors (Lipinski definition) is 5. The van der Waals surface area contributed by atoms with Crippen molar-refractivity contribution in [2.75, 3.05) is 13.1 Å². The molecule has 9 heavy (non-hydrogen) atoms. The molecule has 1 aliphatic heterocycles. The van der Waals surface area contributed by atoms with Gasteiger partial charge in [0.15, 0.2) is 0 Å². The Kier molecular flexibility index (Phi) is 2.44. The minimum Gasteiger partial charge on any atom is -0.311 e. The smallest absolute Gasteiger partial charge is 0.0748 e. The van der Waals surface area contributed by atoms with Crippen molar-refractivity contribution in [2.45, 2.75) is 6.42 Å². The van der Waals surface area contributed by atoms with Gasteiger partial charge in [0.2, 0.25) is 0 Å². The summed E-state index contributed by atoms with van der Waals surface area (Å²) >= 11 is 0. The van der Waals surface area contributed by atoms with Gasteiger partial charge in [-0.3, -0.25) is 4.94 Å². The Morgan fingerprint density at radius 2 is 2.67 bits per heavy atom. The van der Waals surface area contributed by atoms with Crippen LogP contribution in [0.1, 0.15) is 6.42 Å². The highest BCUT2D eigenvalue weighted by molar-refractivity contribution is 5.87. The predicted molar refractivity (Wildman–Crippen MR) is 33.3 cm³/mol. The van der Waals surface area contributed by atoms with Crippen LogP contribution in [0.4, 0.5) is 0 Å². The lowest BCUT2D eigenvalue weighted by atomic mass is 10.3. The minimum atomic E-state index is 0.807. The van der Waals surface area contributed by atoms with Gasteiger partial charge in [0.1, 0.15) is 0 Å². The molecule has 4 N–H and O–H groups in total. The molecule has 1 saturated heterocycles. The summed E-state index contributed by atoms with van der Waals surface area (Å²) in [6.45, 7) is 1.79. The lowest BCUT2D eigenvalue weighted by molar-refractivity contribution is 0.0464. The number of hydrogen-bond donors (Lipinski definition) is 3. The first-order valence-electron chi connectivity index (χ1n) is 2.81. The van der Waals surface area contributed by atoms with Crippen molar-refractivity contribution in [2.24, 2.45) is 11.0 Å². The Labute approximate surface area is 53.2 Å². The SMILES string of the molecule is NNO/N=C1/CCNC1. The van der Waals surface area contributed by atoms with Gasteiger partial charge >= 0.3 is 0 Å². The zero-order valence-corrected chi connectivity index (χ0v) is 5.05. The molecule has 5 heteroatoms. The van der Waals surface area contributed by atoms with Crippen LogP contribution < -0.4 is 16.7 Å². The first-order chi connectivity index (χ1) is 4.43. The van der Waals surface area contributed by atoms with Gasteiger partial charge < -0.3 is 5.32 Å². The molecular weight excluding hydrogens is 120 g/mol. The molecule has 0 radical (unpaired) electrons. The molecule has 0 aromatic rings. The lowest BCUT2D eigenvalue weighted by Gasteiger charge is -1.92. The maximum Gasteiger partial charge on any atom is 0.0748 e. The van der Waals surface area contributed by atoms with Crippen molar-refractivity contribution in [3.05, 3.63) is 0 Å². The Balaban J connectivity index is 2.22. The van der Waals surface area contributed by atoms with Crippen molar-refractivity contribution >= 4 is 5.71 Å². The summed E-state index contributed by atoms with van der Waals surface area (Å²) in [4.78, 5) is 4.39. The van der Waals surface area contributed by atoms with E-state index in [1.54, 1.807) is 0 Å². The van der Waals surface area contributed by atoms with Crippen LogP contribution in [0.15, 0.2) is 5.16 Å². The lowest BCUT2D eigenvalue weighted by Crippen LogP contribution is -2.20. The molecular formula is C4H10N4O. The highest BCUT2D eigenvalue weighted by Crippen LogP contribution is 1.91. The average molecular weight is 130 g/mol. The van der Waals surface area contributed by atoms with Gasteiger partial charge in [-0.2, -0.15) is 0 Å².